The lowest BCUT2D eigenvalue weighted by Crippen LogP contribution is -2.55. The smallest absolute Gasteiger partial charge is 0.304 e. The van der Waals surface area contributed by atoms with E-state index in [9.17, 15) is 24.3 Å². The topological polar surface area (TPSA) is 144 Å². The Bertz CT molecular complexity index is 594. The van der Waals surface area contributed by atoms with Gasteiger partial charge in [-0.1, -0.05) is 15.9 Å². The molecule has 1 heterocycles. The van der Waals surface area contributed by atoms with Gasteiger partial charge in [0.2, 0.25) is 12.6 Å². The first kappa shape index (κ1) is 25.3. The van der Waals surface area contributed by atoms with Gasteiger partial charge in [-0.05, 0) is 0 Å². The molecule has 0 unspecified atom stereocenters. The molecular weight excluding hydrogens is 460 g/mol. The highest BCUT2D eigenvalue weighted by atomic mass is 79.9. The molecule has 1 rings (SSSR count). The third-order valence-corrected chi connectivity index (χ3v) is 3.89. The summed E-state index contributed by atoms with van der Waals surface area (Å²) in [4.78, 5) is 45.5. The van der Waals surface area contributed by atoms with Crippen molar-refractivity contribution in [3.63, 3.8) is 0 Å². The van der Waals surface area contributed by atoms with Crippen LogP contribution in [0.25, 0.3) is 0 Å². The number of carbonyl (C=O) groups is 4. The Balaban J connectivity index is 3.09. The molecule has 29 heavy (non-hydrogen) atoms. The molecule has 0 bridgehead atoms. The summed E-state index contributed by atoms with van der Waals surface area (Å²) in [5.74, 6) is -2.55. The van der Waals surface area contributed by atoms with E-state index in [-0.39, 0.29) is 19.4 Å². The molecule has 1 aliphatic heterocycles. The molecule has 11 nitrogen and oxygen atoms in total. The normalized spacial score (nSPS) is 26.0. The monoisotopic (exact) mass is 484 g/mol. The maximum atomic E-state index is 11.6. The van der Waals surface area contributed by atoms with Crippen molar-refractivity contribution < 1.29 is 52.7 Å². The second-order valence-corrected chi connectivity index (χ2v) is 7.29. The predicted octanol–water partition coefficient (Wildman–Crippen LogP) is 0.537. The molecule has 12 heteroatoms. The van der Waals surface area contributed by atoms with Gasteiger partial charge in [-0.3, -0.25) is 19.2 Å². The lowest BCUT2D eigenvalue weighted by molar-refractivity contribution is -0.317. The van der Waals surface area contributed by atoms with E-state index in [1.807, 2.05) is 0 Å². The van der Waals surface area contributed by atoms with Crippen LogP contribution in [0.2, 0.25) is 0 Å². The van der Waals surface area contributed by atoms with Crippen molar-refractivity contribution in [2.45, 2.75) is 76.4 Å². The third-order valence-electron chi connectivity index (χ3n) is 3.52. The van der Waals surface area contributed by atoms with E-state index in [0.717, 1.165) is 13.8 Å². The maximum absolute atomic E-state index is 11.6. The Morgan fingerprint density at radius 2 is 1.66 bits per heavy atom. The molecule has 1 fully saturated rings. The summed E-state index contributed by atoms with van der Waals surface area (Å²) in [5, 5.41) is 8.47. The van der Waals surface area contributed by atoms with E-state index in [0.29, 0.717) is 0 Å². The fraction of sp³-hybridized carbons (Fsp3) is 0.765. The molecule has 1 aliphatic rings. The Morgan fingerprint density at radius 1 is 1.03 bits per heavy atom. The van der Waals surface area contributed by atoms with Gasteiger partial charge < -0.3 is 33.5 Å². The zero-order valence-corrected chi connectivity index (χ0v) is 18.1. The molecule has 0 aromatic heterocycles. The summed E-state index contributed by atoms with van der Waals surface area (Å²) in [5.41, 5.74) is 0. The van der Waals surface area contributed by atoms with Crippen LogP contribution < -0.4 is 0 Å². The molecular formula is C17H25BrO11. The largest absolute Gasteiger partial charge is 0.463 e. The molecule has 0 aromatic rings. The Kier molecular flexibility index (Phi) is 10.5. The summed E-state index contributed by atoms with van der Waals surface area (Å²) >= 11 is 2.91. The molecule has 0 radical (unpaired) electrons. The van der Waals surface area contributed by atoms with Crippen LogP contribution in [-0.4, -0.2) is 71.5 Å². The number of hydrogen-bond donors (Lipinski definition) is 1. The highest BCUT2D eigenvalue weighted by Crippen LogP contribution is 2.29. The van der Waals surface area contributed by atoms with Gasteiger partial charge in [-0.15, -0.1) is 0 Å². The van der Waals surface area contributed by atoms with Crippen LogP contribution in [0.4, 0.5) is 0 Å². The number of aliphatic hydroxyl groups is 1. The molecule has 0 spiro atoms. The van der Waals surface area contributed by atoms with Crippen molar-refractivity contribution in [1.29, 1.82) is 0 Å². The maximum Gasteiger partial charge on any atom is 0.304 e. The van der Waals surface area contributed by atoms with Crippen LogP contribution >= 0.6 is 15.9 Å². The van der Waals surface area contributed by atoms with Crippen molar-refractivity contribution in [1.82, 2.24) is 0 Å². The summed E-state index contributed by atoms with van der Waals surface area (Å²) in [6.45, 7) is 4.53. The number of alkyl halides is 1. The second-order valence-electron chi connectivity index (χ2n) is 6.23. The van der Waals surface area contributed by atoms with Gasteiger partial charge in [-0.2, -0.15) is 0 Å². The van der Waals surface area contributed by atoms with Crippen molar-refractivity contribution >= 4 is 39.8 Å². The third kappa shape index (κ3) is 10.0. The van der Waals surface area contributed by atoms with E-state index < -0.39 is 59.8 Å². The fourth-order valence-electron chi connectivity index (χ4n) is 2.59. The first-order valence-electron chi connectivity index (χ1n) is 8.76. The average Bonchev–Trinajstić information content (AvgIpc) is 2.53. The van der Waals surface area contributed by atoms with Crippen LogP contribution in [0.15, 0.2) is 0 Å². The number of halogens is 1. The number of carbonyl (C=O) groups excluding carboxylic acids is 4. The SMILES string of the molecule is CC(=O)OC[C@@H]1C[C@H](OC(C)=O)[C@H](OC(C)=O)[C@H](O[C@@H](C[C@@H](O)Br)OC(C)=O)O1. The van der Waals surface area contributed by atoms with Gasteiger partial charge in [-0.25, -0.2) is 0 Å². The number of aliphatic hydroxyl groups excluding tert-OH is 1. The van der Waals surface area contributed by atoms with E-state index in [1.54, 1.807) is 0 Å². The standard InChI is InChI=1S/C17H25BrO11/c1-8(19)24-7-12-5-13(25-9(2)20)16(27-11(4)22)17(28-12)29-15(6-14(18)23)26-10(3)21/h12-17,23H,5-7H2,1-4H3/t12-,13-,14+,15-,16-,17-/m0/s1. The molecule has 0 aliphatic carbocycles. The quantitative estimate of drug-likeness (QED) is 0.211. The summed E-state index contributed by atoms with van der Waals surface area (Å²) in [6.07, 6.45) is -5.63. The first-order chi connectivity index (χ1) is 13.5. The highest BCUT2D eigenvalue weighted by molar-refractivity contribution is 9.09. The molecule has 0 saturated carbocycles. The zero-order valence-electron chi connectivity index (χ0n) is 16.5. The van der Waals surface area contributed by atoms with Gasteiger partial charge in [0, 0.05) is 40.5 Å². The number of esters is 4. The van der Waals surface area contributed by atoms with E-state index in [2.05, 4.69) is 15.9 Å². The van der Waals surface area contributed by atoms with Crippen LogP contribution in [-0.2, 0) is 47.6 Å². The zero-order chi connectivity index (χ0) is 22.1. The van der Waals surface area contributed by atoms with Crippen LogP contribution in [0.1, 0.15) is 40.5 Å². The predicted molar refractivity (Wildman–Crippen MR) is 97.2 cm³/mol. The Labute approximate surface area is 176 Å². The van der Waals surface area contributed by atoms with E-state index in [1.165, 1.54) is 13.8 Å². The Hall–Kier alpha value is -1.76. The van der Waals surface area contributed by atoms with Crippen molar-refractivity contribution in [2.24, 2.45) is 0 Å². The van der Waals surface area contributed by atoms with Crippen LogP contribution in [0.5, 0.6) is 0 Å². The first-order valence-corrected chi connectivity index (χ1v) is 9.67. The number of rotatable bonds is 9. The highest BCUT2D eigenvalue weighted by Gasteiger charge is 2.45. The molecule has 1 saturated heterocycles. The second kappa shape index (κ2) is 12.1. The van der Waals surface area contributed by atoms with Gasteiger partial charge in [0.25, 0.3) is 0 Å². The average molecular weight is 485 g/mol. The molecule has 166 valence electrons. The van der Waals surface area contributed by atoms with Gasteiger partial charge in [0.05, 0.1) is 6.10 Å². The van der Waals surface area contributed by atoms with E-state index in [4.69, 9.17) is 28.4 Å². The van der Waals surface area contributed by atoms with Crippen LogP contribution in [0.3, 0.4) is 0 Å². The molecule has 1 N–H and O–H groups in total. The number of hydrogen-bond acceptors (Lipinski definition) is 11. The van der Waals surface area contributed by atoms with Gasteiger partial charge in [0.1, 0.15) is 17.7 Å². The molecule has 0 amide bonds. The number of ether oxygens (including phenoxy) is 6. The van der Waals surface area contributed by atoms with Crippen LogP contribution in [0, 0.1) is 0 Å². The fourth-order valence-corrected chi connectivity index (χ4v) is 2.90. The molecule has 6 atom stereocenters. The van der Waals surface area contributed by atoms with Crippen molar-refractivity contribution in [3.8, 4) is 0 Å². The summed E-state index contributed by atoms with van der Waals surface area (Å²) in [7, 11) is 0. The van der Waals surface area contributed by atoms with E-state index >= 15 is 0 Å². The lowest BCUT2D eigenvalue weighted by Gasteiger charge is -2.40. The lowest BCUT2D eigenvalue weighted by atomic mass is 10.0. The molecule has 0 aromatic carbocycles. The summed E-state index contributed by atoms with van der Waals surface area (Å²) < 4.78 is 31.7. The van der Waals surface area contributed by atoms with Crippen molar-refractivity contribution in [3.05, 3.63) is 0 Å². The summed E-state index contributed by atoms with van der Waals surface area (Å²) in [6, 6.07) is 0. The minimum atomic E-state index is -1.34. The Morgan fingerprint density at radius 3 is 2.14 bits per heavy atom. The van der Waals surface area contributed by atoms with Gasteiger partial charge in [0.15, 0.2) is 6.10 Å². The van der Waals surface area contributed by atoms with Crippen molar-refractivity contribution in [2.75, 3.05) is 6.61 Å². The minimum absolute atomic E-state index is 0.0595. The van der Waals surface area contributed by atoms with Gasteiger partial charge >= 0.3 is 23.9 Å². The minimum Gasteiger partial charge on any atom is -0.463 e.